The van der Waals surface area contributed by atoms with Crippen LogP contribution in [-0.4, -0.2) is 63.8 Å². The van der Waals surface area contributed by atoms with E-state index in [1.165, 1.54) is 0 Å². The van der Waals surface area contributed by atoms with Gasteiger partial charge < -0.3 is 15.4 Å². The molecule has 4 aromatic rings. The molecule has 0 spiro atoms. The summed E-state index contributed by atoms with van der Waals surface area (Å²) >= 11 is 0.737. The SMILES string of the molecule is CC1C(C#N)CN1c1nc(OC[C@@]23CCCN2C[C@H](F)C3)nc2c(F)c(-c3ccc(F)c4sc(N)nc34)c(C(F)(F)F)cc12. The van der Waals surface area contributed by atoms with Gasteiger partial charge in [-0.2, -0.15) is 28.4 Å². The molecule has 5 heterocycles. The van der Waals surface area contributed by atoms with E-state index in [-0.39, 0.29) is 64.2 Å². The van der Waals surface area contributed by atoms with E-state index in [0.717, 1.165) is 36.0 Å². The van der Waals surface area contributed by atoms with Crippen molar-refractivity contribution in [1.29, 1.82) is 5.26 Å². The lowest BCUT2D eigenvalue weighted by Gasteiger charge is -2.44. The zero-order valence-electron chi connectivity index (χ0n) is 23.3. The predicted molar refractivity (Wildman–Crippen MR) is 152 cm³/mol. The van der Waals surface area contributed by atoms with E-state index in [9.17, 15) is 27.2 Å². The maximum absolute atomic E-state index is 16.6. The minimum atomic E-state index is -5.04. The number of nitrogens with two attached hydrogens (primary N) is 1. The highest BCUT2D eigenvalue weighted by Gasteiger charge is 2.49. The van der Waals surface area contributed by atoms with Crippen molar-refractivity contribution in [2.45, 2.75) is 50.1 Å². The van der Waals surface area contributed by atoms with Crippen molar-refractivity contribution in [2.75, 3.05) is 36.9 Å². The summed E-state index contributed by atoms with van der Waals surface area (Å²) in [6.07, 6.45) is -4.26. The Kier molecular flexibility index (Phi) is 6.60. The van der Waals surface area contributed by atoms with Crippen LogP contribution in [0, 0.1) is 28.9 Å². The number of nitriles is 1. The molecule has 4 atom stereocenters. The molecule has 2 aromatic heterocycles. The first-order valence-corrected chi connectivity index (χ1v) is 14.9. The summed E-state index contributed by atoms with van der Waals surface area (Å²) in [7, 11) is 0. The van der Waals surface area contributed by atoms with Gasteiger partial charge in [-0.15, -0.1) is 0 Å². The van der Waals surface area contributed by atoms with Crippen LogP contribution in [0.2, 0.25) is 0 Å². The molecule has 0 bridgehead atoms. The van der Waals surface area contributed by atoms with Crippen LogP contribution in [0.15, 0.2) is 18.2 Å². The number of thiazole rings is 1. The van der Waals surface area contributed by atoms with Crippen LogP contribution in [0.4, 0.5) is 37.3 Å². The van der Waals surface area contributed by atoms with E-state index in [1.54, 1.807) is 11.8 Å². The first kappa shape index (κ1) is 28.8. The summed E-state index contributed by atoms with van der Waals surface area (Å²) in [6, 6.07) is 4.18. The molecule has 3 fully saturated rings. The van der Waals surface area contributed by atoms with E-state index in [4.69, 9.17) is 10.5 Å². The number of fused-ring (bicyclic) bond motifs is 3. The summed E-state index contributed by atoms with van der Waals surface area (Å²) in [4.78, 5) is 16.3. The number of nitrogen functional groups attached to an aromatic ring is 1. The fraction of sp³-hybridized carbons (Fsp3) is 0.448. The van der Waals surface area contributed by atoms with Crippen molar-refractivity contribution in [1.82, 2.24) is 19.9 Å². The molecule has 0 radical (unpaired) electrons. The number of hydrogen-bond acceptors (Lipinski definition) is 9. The molecule has 0 amide bonds. The number of anilines is 2. The number of nitrogens with zero attached hydrogens (tertiary/aromatic N) is 6. The van der Waals surface area contributed by atoms with Gasteiger partial charge in [0.15, 0.2) is 10.9 Å². The van der Waals surface area contributed by atoms with Gasteiger partial charge >= 0.3 is 12.2 Å². The van der Waals surface area contributed by atoms with Crippen LogP contribution in [-0.2, 0) is 6.18 Å². The quantitative estimate of drug-likeness (QED) is 0.264. The van der Waals surface area contributed by atoms with E-state index in [0.29, 0.717) is 13.0 Å². The molecule has 3 saturated heterocycles. The van der Waals surface area contributed by atoms with Crippen molar-refractivity contribution >= 4 is 43.4 Å². The average Bonchev–Trinajstić information content (AvgIpc) is 3.63. The standard InChI is InChI=1S/C29H25F6N7OS/c1-13-14(9-36)10-42(13)25-17-7-18(29(33,34)35)20(16-3-4-19(31)24-23(16)38-26(37)44-24)21(32)22(17)39-27(40-25)43-12-28-5-2-6-41(28)11-15(30)8-28/h3-4,7,13-15H,2,5-6,8,10-12H2,1H3,(H2,37,38)/t13?,14?,15-,28+/m1/s1. The lowest BCUT2D eigenvalue weighted by Crippen LogP contribution is -2.54. The molecule has 7 rings (SSSR count). The molecular weight excluding hydrogens is 608 g/mol. The van der Waals surface area contributed by atoms with Crippen molar-refractivity contribution in [3.8, 4) is 23.2 Å². The molecule has 8 nitrogen and oxygen atoms in total. The monoisotopic (exact) mass is 633 g/mol. The normalized spacial score (nSPS) is 25.4. The third-order valence-electron chi connectivity index (χ3n) is 9.11. The highest BCUT2D eigenvalue weighted by Crippen LogP contribution is 2.47. The number of halogens is 6. The fourth-order valence-electron chi connectivity index (χ4n) is 6.84. The third kappa shape index (κ3) is 4.41. The number of rotatable bonds is 5. The van der Waals surface area contributed by atoms with Crippen LogP contribution in [0.1, 0.15) is 31.7 Å². The van der Waals surface area contributed by atoms with Gasteiger partial charge in [-0.25, -0.2) is 18.2 Å². The maximum atomic E-state index is 16.6. The van der Waals surface area contributed by atoms with Gasteiger partial charge in [0, 0.05) is 42.1 Å². The zero-order valence-corrected chi connectivity index (χ0v) is 24.1. The minimum Gasteiger partial charge on any atom is -0.461 e. The molecule has 15 heteroatoms. The van der Waals surface area contributed by atoms with Gasteiger partial charge in [0.1, 0.15) is 29.9 Å². The largest absolute Gasteiger partial charge is 0.461 e. The molecule has 2 unspecified atom stereocenters. The van der Waals surface area contributed by atoms with Crippen molar-refractivity contribution in [2.24, 2.45) is 5.92 Å². The van der Waals surface area contributed by atoms with Gasteiger partial charge in [-0.05, 0) is 44.5 Å². The topological polar surface area (TPSA) is 104 Å². The van der Waals surface area contributed by atoms with Gasteiger partial charge in [-0.1, -0.05) is 11.3 Å². The van der Waals surface area contributed by atoms with E-state index >= 15 is 4.39 Å². The lowest BCUT2D eigenvalue weighted by atomic mass is 9.90. The van der Waals surface area contributed by atoms with Crippen LogP contribution in [0.3, 0.4) is 0 Å². The Labute approximate surface area is 251 Å². The van der Waals surface area contributed by atoms with E-state index < -0.39 is 58.1 Å². The first-order valence-electron chi connectivity index (χ1n) is 14.0. The Morgan fingerprint density at radius 3 is 2.70 bits per heavy atom. The molecular formula is C29H25F6N7OS. The Bertz CT molecular complexity index is 1860. The van der Waals surface area contributed by atoms with Crippen LogP contribution >= 0.6 is 11.3 Å². The van der Waals surface area contributed by atoms with Gasteiger partial charge in [0.05, 0.1) is 33.3 Å². The average molecular weight is 634 g/mol. The number of aromatic nitrogens is 3. The first-order chi connectivity index (χ1) is 20.9. The Hall–Kier alpha value is -3.90. The van der Waals surface area contributed by atoms with Crippen LogP contribution < -0.4 is 15.4 Å². The molecule has 2 aromatic carbocycles. The maximum Gasteiger partial charge on any atom is 0.417 e. The van der Waals surface area contributed by atoms with Crippen molar-refractivity contribution < 1.29 is 31.1 Å². The van der Waals surface area contributed by atoms with Crippen molar-refractivity contribution in [3.63, 3.8) is 0 Å². The van der Waals surface area contributed by atoms with Crippen molar-refractivity contribution in [3.05, 3.63) is 35.4 Å². The second kappa shape index (κ2) is 10.1. The summed E-state index contributed by atoms with van der Waals surface area (Å²) in [5.74, 6) is -2.51. The predicted octanol–water partition coefficient (Wildman–Crippen LogP) is 6.09. The Balaban J connectivity index is 1.43. The highest BCUT2D eigenvalue weighted by molar-refractivity contribution is 7.22. The van der Waals surface area contributed by atoms with Gasteiger partial charge in [-0.3, -0.25) is 4.90 Å². The van der Waals surface area contributed by atoms with Crippen LogP contribution in [0.25, 0.3) is 32.2 Å². The lowest BCUT2D eigenvalue weighted by molar-refractivity contribution is -0.137. The van der Waals surface area contributed by atoms with E-state index in [2.05, 4.69) is 21.0 Å². The summed E-state index contributed by atoms with van der Waals surface area (Å²) in [6.45, 7) is 2.88. The van der Waals surface area contributed by atoms with Gasteiger partial charge in [0.25, 0.3) is 0 Å². The zero-order chi connectivity index (χ0) is 31.1. The molecule has 0 aliphatic carbocycles. The Morgan fingerprint density at radius 2 is 1.98 bits per heavy atom. The summed E-state index contributed by atoms with van der Waals surface area (Å²) < 4.78 is 95.4. The second-order valence-electron chi connectivity index (χ2n) is 11.7. The van der Waals surface area contributed by atoms with Crippen LogP contribution in [0.5, 0.6) is 6.01 Å². The Morgan fingerprint density at radius 1 is 1.18 bits per heavy atom. The molecule has 44 heavy (non-hydrogen) atoms. The molecule has 0 saturated carbocycles. The number of hydrogen-bond donors (Lipinski definition) is 1. The highest BCUT2D eigenvalue weighted by atomic mass is 32.1. The van der Waals surface area contributed by atoms with E-state index in [1.807, 2.05) is 4.90 Å². The molecule has 230 valence electrons. The summed E-state index contributed by atoms with van der Waals surface area (Å²) in [5, 5.41) is 9.13. The second-order valence-corrected chi connectivity index (χ2v) is 12.7. The number of alkyl halides is 4. The molecule has 2 N–H and O–H groups in total. The third-order valence-corrected chi connectivity index (χ3v) is 10.0. The smallest absolute Gasteiger partial charge is 0.417 e. The number of ether oxygens (including phenoxy) is 1. The summed E-state index contributed by atoms with van der Waals surface area (Å²) in [5.41, 5.74) is 2.02. The fourth-order valence-corrected chi connectivity index (χ4v) is 7.60. The number of benzene rings is 2. The van der Waals surface area contributed by atoms with Gasteiger partial charge in [0.2, 0.25) is 0 Å². The molecule has 3 aliphatic rings. The molecule has 3 aliphatic heterocycles. The minimum absolute atomic E-state index is 0.0144.